The second kappa shape index (κ2) is 5.32. The number of rotatable bonds is 3. The van der Waals surface area contributed by atoms with Crippen molar-refractivity contribution in [2.75, 3.05) is 11.9 Å². The number of carbonyl (C=O) groups is 1. The Bertz CT molecular complexity index is 486. The molecule has 18 heavy (non-hydrogen) atoms. The Morgan fingerprint density at radius 2 is 2.33 bits per heavy atom. The normalized spacial score (nSPS) is 18.6. The van der Waals surface area contributed by atoms with Crippen LogP contribution in [0.5, 0.6) is 0 Å². The molecule has 1 saturated heterocycles. The zero-order valence-corrected chi connectivity index (χ0v) is 10.2. The molecular formula is C11H12ClN3O3. The molecule has 2 N–H and O–H groups in total. The highest BCUT2D eigenvalue weighted by Gasteiger charge is 2.22. The summed E-state index contributed by atoms with van der Waals surface area (Å²) >= 11 is 5.76. The molecule has 1 aliphatic rings. The predicted molar refractivity (Wildman–Crippen MR) is 67.8 cm³/mol. The fraction of sp³-hybridized carbons (Fsp3) is 0.364. The minimum Gasteiger partial charge on any atom is -0.325 e. The topological polar surface area (TPSA) is 84.3 Å². The van der Waals surface area contributed by atoms with Crippen molar-refractivity contribution < 1.29 is 9.72 Å². The van der Waals surface area contributed by atoms with Gasteiger partial charge in [0.15, 0.2) is 0 Å². The average molecular weight is 270 g/mol. The summed E-state index contributed by atoms with van der Waals surface area (Å²) in [4.78, 5) is 21.8. The maximum atomic E-state index is 11.8. The van der Waals surface area contributed by atoms with E-state index in [1.54, 1.807) is 0 Å². The summed E-state index contributed by atoms with van der Waals surface area (Å²) in [5.74, 6) is -0.141. The Labute approximate surface area is 108 Å². The Kier molecular flexibility index (Phi) is 3.78. The van der Waals surface area contributed by atoms with Gasteiger partial charge in [0.2, 0.25) is 5.91 Å². The first kappa shape index (κ1) is 12.8. The Hall–Kier alpha value is -1.66. The van der Waals surface area contributed by atoms with Crippen LogP contribution in [0.15, 0.2) is 18.2 Å². The van der Waals surface area contributed by atoms with E-state index in [1.165, 1.54) is 18.2 Å². The van der Waals surface area contributed by atoms with Crippen LogP contribution in [-0.2, 0) is 4.79 Å². The third-order valence-corrected chi connectivity index (χ3v) is 3.09. The smallest absolute Gasteiger partial charge is 0.288 e. The van der Waals surface area contributed by atoms with Crippen molar-refractivity contribution in [3.63, 3.8) is 0 Å². The van der Waals surface area contributed by atoms with Gasteiger partial charge in [-0.1, -0.05) is 11.6 Å². The van der Waals surface area contributed by atoms with Gasteiger partial charge in [0, 0.05) is 11.8 Å². The van der Waals surface area contributed by atoms with Gasteiger partial charge in [-0.15, -0.1) is 0 Å². The van der Waals surface area contributed by atoms with Crippen molar-refractivity contribution in [3.05, 3.63) is 33.3 Å². The first-order valence-electron chi connectivity index (χ1n) is 5.56. The van der Waals surface area contributed by atoms with E-state index in [4.69, 9.17) is 11.6 Å². The van der Waals surface area contributed by atoms with E-state index in [-0.39, 0.29) is 22.7 Å². The maximum absolute atomic E-state index is 11.8. The van der Waals surface area contributed by atoms with Gasteiger partial charge in [-0.3, -0.25) is 14.9 Å². The highest BCUT2D eigenvalue weighted by Crippen LogP contribution is 2.27. The van der Waals surface area contributed by atoms with Crippen LogP contribution < -0.4 is 10.6 Å². The number of hydrogen-bond acceptors (Lipinski definition) is 4. The third-order valence-electron chi connectivity index (χ3n) is 2.79. The number of carbonyl (C=O) groups excluding carboxylic acids is 1. The number of amides is 1. The van der Waals surface area contributed by atoms with Crippen molar-refractivity contribution >= 4 is 28.9 Å². The molecule has 1 heterocycles. The van der Waals surface area contributed by atoms with Gasteiger partial charge in [-0.25, -0.2) is 0 Å². The van der Waals surface area contributed by atoms with Crippen LogP contribution in [0.4, 0.5) is 11.4 Å². The molecule has 0 saturated carbocycles. The standard InChI is InChI=1S/C11H12ClN3O3/c12-8-6-7(3-4-10(8)15(17)18)14-11(16)9-2-1-5-13-9/h3-4,6,9,13H,1-2,5H2,(H,14,16). The number of hydrogen-bond donors (Lipinski definition) is 2. The lowest BCUT2D eigenvalue weighted by atomic mass is 10.2. The zero-order chi connectivity index (χ0) is 13.1. The second-order valence-electron chi connectivity index (χ2n) is 4.06. The van der Waals surface area contributed by atoms with Gasteiger partial charge in [0.25, 0.3) is 5.69 Å². The molecule has 0 aliphatic carbocycles. The summed E-state index contributed by atoms with van der Waals surface area (Å²) in [5.41, 5.74) is 0.290. The number of halogens is 1. The summed E-state index contributed by atoms with van der Waals surface area (Å²) in [7, 11) is 0. The first-order valence-corrected chi connectivity index (χ1v) is 5.94. The average Bonchev–Trinajstić information content (AvgIpc) is 2.81. The molecule has 1 aliphatic heterocycles. The largest absolute Gasteiger partial charge is 0.325 e. The number of nitrogens with one attached hydrogen (secondary N) is 2. The van der Waals surface area contributed by atoms with Crippen LogP contribution in [0, 0.1) is 10.1 Å². The first-order chi connectivity index (χ1) is 8.58. The molecule has 1 unspecified atom stereocenters. The predicted octanol–water partition coefficient (Wildman–Crippen LogP) is 1.94. The minimum absolute atomic E-state index is 0.0113. The summed E-state index contributed by atoms with van der Waals surface area (Å²) in [6.45, 7) is 0.832. The lowest BCUT2D eigenvalue weighted by Crippen LogP contribution is -2.35. The van der Waals surface area contributed by atoms with Crippen LogP contribution in [0.25, 0.3) is 0 Å². The fourth-order valence-corrected chi connectivity index (χ4v) is 2.12. The summed E-state index contributed by atoms with van der Waals surface area (Å²) < 4.78 is 0. The van der Waals surface area contributed by atoms with Crippen LogP contribution in [0.2, 0.25) is 5.02 Å². The summed E-state index contributed by atoms with van der Waals surface area (Å²) in [6, 6.07) is 3.93. The molecule has 0 spiro atoms. The van der Waals surface area contributed by atoms with Crippen LogP contribution >= 0.6 is 11.6 Å². The quantitative estimate of drug-likeness (QED) is 0.649. The summed E-state index contributed by atoms with van der Waals surface area (Å²) in [5, 5.41) is 16.3. The van der Waals surface area contributed by atoms with Crippen LogP contribution in [0.1, 0.15) is 12.8 Å². The molecule has 0 bridgehead atoms. The molecule has 1 aromatic carbocycles. The molecule has 1 fully saturated rings. The molecule has 0 radical (unpaired) electrons. The number of nitro groups is 1. The number of benzene rings is 1. The van der Waals surface area contributed by atoms with E-state index < -0.39 is 4.92 Å². The van der Waals surface area contributed by atoms with E-state index in [2.05, 4.69) is 10.6 Å². The van der Waals surface area contributed by atoms with Crippen LogP contribution in [-0.4, -0.2) is 23.4 Å². The minimum atomic E-state index is -0.563. The maximum Gasteiger partial charge on any atom is 0.288 e. The zero-order valence-electron chi connectivity index (χ0n) is 9.48. The molecule has 96 valence electrons. The van der Waals surface area contributed by atoms with Gasteiger partial charge in [-0.2, -0.15) is 0 Å². The van der Waals surface area contributed by atoms with Crippen molar-refractivity contribution in [1.29, 1.82) is 0 Å². The van der Waals surface area contributed by atoms with Crippen molar-refractivity contribution in [2.24, 2.45) is 0 Å². The molecule has 1 amide bonds. The number of nitro benzene ring substituents is 1. The Balaban J connectivity index is 2.07. The molecule has 7 heteroatoms. The highest BCUT2D eigenvalue weighted by molar-refractivity contribution is 6.33. The fourth-order valence-electron chi connectivity index (χ4n) is 1.87. The molecule has 6 nitrogen and oxygen atoms in total. The molecule has 1 atom stereocenters. The van der Waals surface area contributed by atoms with E-state index >= 15 is 0 Å². The highest BCUT2D eigenvalue weighted by atomic mass is 35.5. The molecule has 2 rings (SSSR count). The Morgan fingerprint density at radius 3 is 2.89 bits per heavy atom. The second-order valence-corrected chi connectivity index (χ2v) is 4.47. The van der Waals surface area contributed by atoms with E-state index in [0.29, 0.717) is 5.69 Å². The summed E-state index contributed by atoms with van der Waals surface area (Å²) in [6.07, 6.45) is 1.77. The van der Waals surface area contributed by atoms with Crippen molar-refractivity contribution in [3.8, 4) is 0 Å². The Morgan fingerprint density at radius 1 is 1.56 bits per heavy atom. The van der Waals surface area contributed by atoms with Gasteiger partial charge in [0.1, 0.15) is 5.02 Å². The molecule has 0 aromatic heterocycles. The van der Waals surface area contributed by atoms with Crippen molar-refractivity contribution in [2.45, 2.75) is 18.9 Å². The monoisotopic (exact) mass is 269 g/mol. The van der Waals surface area contributed by atoms with Gasteiger partial charge in [0.05, 0.1) is 11.0 Å². The third kappa shape index (κ3) is 2.77. The van der Waals surface area contributed by atoms with Crippen molar-refractivity contribution in [1.82, 2.24) is 5.32 Å². The molecule has 1 aromatic rings. The van der Waals surface area contributed by atoms with Crippen LogP contribution in [0.3, 0.4) is 0 Å². The number of nitrogens with zero attached hydrogens (tertiary/aromatic N) is 1. The lowest BCUT2D eigenvalue weighted by molar-refractivity contribution is -0.384. The SMILES string of the molecule is O=C(Nc1ccc([N+](=O)[O-])c(Cl)c1)C1CCCN1. The lowest BCUT2D eigenvalue weighted by Gasteiger charge is -2.11. The molecular weight excluding hydrogens is 258 g/mol. The van der Waals surface area contributed by atoms with E-state index in [1.807, 2.05) is 0 Å². The van der Waals surface area contributed by atoms with Gasteiger partial charge >= 0.3 is 0 Å². The van der Waals surface area contributed by atoms with Gasteiger partial charge in [-0.05, 0) is 31.5 Å². The van der Waals surface area contributed by atoms with E-state index in [9.17, 15) is 14.9 Å². The van der Waals surface area contributed by atoms with E-state index in [0.717, 1.165) is 19.4 Å². The number of anilines is 1. The van der Waals surface area contributed by atoms with Gasteiger partial charge < -0.3 is 10.6 Å².